The lowest BCUT2D eigenvalue weighted by Crippen LogP contribution is -2.38. The number of hydrogen-bond acceptors (Lipinski definition) is 3. The molecular formula is C14H19IN2O2. The third-order valence-corrected chi connectivity index (χ3v) is 4.86. The molecule has 1 aliphatic rings. The fraction of sp³-hybridized carbons (Fsp3) is 0.571. The van der Waals surface area contributed by atoms with E-state index in [-0.39, 0.29) is 16.0 Å². The SMILES string of the molecule is CC1(C)CCCCC1Nc1ccc([N+](=O)[O-])c(I)c1. The Morgan fingerprint density at radius 2 is 2.16 bits per heavy atom. The first-order chi connectivity index (χ1) is 8.90. The number of benzene rings is 1. The van der Waals surface area contributed by atoms with Gasteiger partial charge in [0.1, 0.15) is 0 Å². The second-order valence-corrected chi connectivity index (χ2v) is 7.02. The van der Waals surface area contributed by atoms with E-state index in [1.807, 2.05) is 34.7 Å². The van der Waals surface area contributed by atoms with Crippen LogP contribution in [0.4, 0.5) is 11.4 Å². The van der Waals surface area contributed by atoms with Crippen molar-refractivity contribution in [2.75, 3.05) is 5.32 Å². The molecule has 5 heteroatoms. The molecule has 4 nitrogen and oxygen atoms in total. The Kier molecular flexibility index (Phi) is 4.32. The smallest absolute Gasteiger partial charge is 0.282 e. The molecule has 0 saturated heterocycles. The molecule has 1 N–H and O–H groups in total. The van der Waals surface area contributed by atoms with Crippen LogP contribution in [0.15, 0.2) is 18.2 Å². The number of nitrogens with one attached hydrogen (secondary N) is 1. The molecule has 1 atom stereocenters. The van der Waals surface area contributed by atoms with Crippen LogP contribution < -0.4 is 5.32 Å². The van der Waals surface area contributed by atoms with Gasteiger partial charge in [0.2, 0.25) is 0 Å². The lowest BCUT2D eigenvalue weighted by molar-refractivity contribution is -0.385. The average molecular weight is 374 g/mol. The second-order valence-electron chi connectivity index (χ2n) is 5.85. The number of halogens is 1. The van der Waals surface area contributed by atoms with E-state index >= 15 is 0 Å². The van der Waals surface area contributed by atoms with Crippen LogP contribution in [0.25, 0.3) is 0 Å². The lowest BCUT2D eigenvalue weighted by Gasteiger charge is -2.39. The highest BCUT2D eigenvalue weighted by atomic mass is 127. The molecule has 1 aromatic rings. The maximum absolute atomic E-state index is 10.8. The monoisotopic (exact) mass is 374 g/mol. The van der Waals surface area contributed by atoms with Gasteiger partial charge >= 0.3 is 0 Å². The highest BCUT2D eigenvalue weighted by Gasteiger charge is 2.32. The highest BCUT2D eigenvalue weighted by Crippen LogP contribution is 2.37. The van der Waals surface area contributed by atoms with Gasteiger partial charge in [-0.25, -0.2) is 0 Å². The molecule has 1 saturated carbocycles. The topological polar surface area (TPSA) is 55.2 Å². The van der Waals surface area contributed by atoms with Crippen molar-refractivity contribution in [2.24, 2.45) is 5.41 Å². The molecular weight excluding hydrogens is 355 g/mol. The van der Waals surface area contributed by atoms with E-state index in [9.17, 15) is 10.1 Å². The maximum Gasteiger partial charge on any atom is 0.282 e. The summed E-state index contributed by atoms with van der Waals surface area (Å²) in [6.45, 7) is 4.58. The summed E-state index contributed by atoms with van der Waals surface area (Å²) in [7, 11) is 0. The van der Waals surface area contributed by atoms with Gasteiger partial charge in [0.15, 0.2) is 0 Å². The fourth-order valence-electron chi connectivity index (χ4n) is 2.71. The predicted molar refractivity (Wildman–Crippen MR) is 85.5 cm³/mol. The zero-order chi connectivity index (χ0) is 14.0. The normalized spacial score (nSPS) is 21.9. The first-order valence-corrected chi connectivity index (χ1v) is 7.68. The molecule has 0 amide bonds. The zero-order valence-electron chi connectivity index (χ0n) is 11.3. The van der Waals surface area contributed by atoms with E-state index in [1.54, 1.807) is 6.07 Å². The Labute approximate surface area is 127 Å². The predicted octanol–water partition coefficient (Wildman–Crippen LogP) is 4.58. The van der Waals surface area contributed by atoms with Crippen LogP contribution in [0.5, 0.6) is 0 Å². The summed E-state index contributed by atoms with van der Waals surface area (Å²) in [6, 6.07) is 5.70. The van der Waals surface area contributed by atoms with Crippen molar-refractivity contribution in [3.63, 3.8) is 0 Å². The van der Waals surface area contributed by atoms with Crippen molar-refractivity contribution >= 4 is 34.0 Å². The zero-order valence-corrected chi connectivity index (χ0v) is 13.4. The number of nitro groups is 1. The summed E-state index contributed by atoms with van der Waals surface area (Å²) >= 11 is 2.02. The second kappa shape index (κ2) is 5.64. The molecule has 1 aromatic carbocycles. The number of rotatable bonds is 3. The van der Waals surface area contributed by atoms with E-state index in [1.165, 1.54) is 25.7 Å². The van der Waals surface area contributed by atoms with Gasteiger partial charge in [-0.15, -0.1) is 0 Å². The van der Waals surface area contributed by atoms with Crippen molar-refractivity contribution in [1.82, 2.24) is 0 Å². The Bertz CT molecular complexity index is 488. The Morgan fingerprint density at radius 3 is 2.74 bits per heavy atom. The van der Waals surface area contributed by atoms with E-state index in [2.05, 4.69) is 19.2 Å². The van der Waals surface area contributed by atoms with Gasteiger partial charge in [0, 0.05) is 17.8 Å². The van der Waals surface area contributed by atoms with Gasteiger partial charge in [-0.05, 0) is 53.0 Å². The molecule has 2 rings (SSSR count). The fourth-order valence-corrected chi connectivity index (χ4v) is 3.42. The standard InChI is InChI=1S/C14H19IN2O2/c1-14(2)8-4-3-5-13(14)16-10-6-7-12(17(18)19)11(15)9-10/h6-7,9,13,16H,3-5,8H2,1-2H3. The van der Waals surface area contributed by atoms with Crippen molar-refractivity contribution in [3.05, 3.63) is 31.9 Å². The number of nitro benzene ring substituents is 1. The van der Waals surface area contributed by atoms with Crippen LogP contribution in [0.2, 0.25) is 0 Å². The van der Waals surface area contributed by atoms with Crippen LogP contribution >= 0.6 is 22.6 Å². The van der Waals surface area contributed by atoms with Crippen molar-refractivity contribution in [1.29, 1.82) is 0 Å². The van der Waals surface area contributed by atoms with Gasteiger partial charge in [-0.1, -0.05) is 26.7 Å². The van der Waals surface area contributed by atoms with E-state index in [4.69, 9.17) is 0 Å². The minimum atomic E-state index is -0.337. The lowest BCUT2D eigenvalue weighted by atomic mass is 9.73. The molecule has 0 aromatic heterocycles. The number of hydrogen-bond donors (Lipinski definition) is 1. The molecule has 0 aliphatic heterocycles. The quantitative estimate of drug-likeness (QED) is 0.479. The molecule has 0 bridgehead atoms. The number of nitrogens with zero attached hydrogens (tertiary/aromatic N) is 1. The van der Waals surface area contributed by atoms with Crippen LogP contribution in [0.3, 0.4) is 0 Å². The molecule has 1 unspecified atom stereocenters. The Balaban J connectivity index is 2.15. The van der Waals surface area contributed by atoms with Crippen molar-refractivity contribution in [3.8, 4) is 0 Å². The third-order valence-electron chi connectivity index (χ3n) is 3.99. The van der Waals surface area contributed by atoms with Crippen LogP contribution in [-0.2, 0) is 0 Å². The van der Waals surface area contributed by atoms with Crippen LogP contribution in [-0.4, -0.2) is 11.0 Å². The van der Waals surface area contributed by atoms with Crippen LogP contribution in [0.1, 0.15) is 39.5 Å². The largest absolute Gasteiger partial charge is 0.382 e. The molecule has 0 heterocycles. The molecule has 104 valence electrons. The van der Waals surface area contributed by atoms with E-state index in [0.717, 1.165) is 5.69 Å². The van der Waals surface area contributed by atoms with Gasteiger partial charge < -0.3 is 5.32 Å². The Morgan fingerprint density at radius 1 is 1.42 bits per heavy atom. The summed E-state index contributed by atoms with van der Waals surface area (Å²) in [5, 5.41) is 14.4. The van der Waals surface area contributed by atoms with Crippen molar-refractivity contribution in [2.45, 2.75) is 45.6 Å². The summed E-state index contributed by atoms with van der Waals surface area (Å²) in [5.74, 6) is 0. The van der Waals surface area contributed by atoms with Gasteiger partial charge in [0.05, 0.1) is 8.49 Å². The van der Waals surface area contributed by atoms with Gasteiger partial charge in [-0.2, -0.15) is 0 Å². The molecule has 1 fully saturated rings. The first kappa shape index (κ1) is 14.6. The maximum atomic E-state index is 10.8. The van der Waals surface area contributed by atoms with Gasteiger partial charge in [0.25, 0.3) is 5.69 Å². The summed E-state index contributed by atoms with van der Waals surface area (Å²) in [6.07, 6.45) is 4.95. The molecule has 1 aliphatic carbocycles. The van der Waals surface area contributed by atoms with Crippen molar-refractivity contribution < 1.29 is 4.92 Å². The summed E-state index contributed by atoms with van der Waals surface area (Å²) in [5.41, 5.74) is 1.44. The average Bonchev–Trinajstić information content (AvgIpc) is 2.31. The molecule has 0 radical (unpaired) electrons. The van der Waals surface area contributed by atoms with E-state index in [0.29, 0.717) is 9.61 Å². The van der Waals surface area contributed by atoms with E-state index < -0.39 is 0 Å². The first-order valence-electron chi connectivity index (χ1n) is 6.60. The minimum absolute atomic E-state index is 0.175. The van der Waals surface area contributed by atoms with Crippen LogP contribution in [0, 0.1) is 19.1 Å². The number of anilines is 1. The highest BCUT2D eigenvalue weighted by molar-refractivity contribution is 14.1. The Hall–Kier alpha value is -0.850. The summed E-state index contributed by atoms with van der Waals surface area (Å²) in [4.78, 5) is 10.5. The molecule has 0 spiro atoms. The third kappa shape index (κ3) is 3.38. The molecule has 19 heavy (non-hydrogen) atoms. The minimum Gasteiger partial charge on any atom is -0.382 e. The van der Waals surface area contributed by atoms with Gasteiger partial charge in [-0.3, -0.25) is 10.1 Å². The summed E-state index contributed by atoms with van der Waals surface area (Å²) < 4.78 is 0.682.